The van der Waals surface area contributed by atoms with Crippen LogP contribution in [-0.2, 0) is 4.79 Å². The number of hydrogen-bond acceptors (Lipinski definition) is 2. The highest BCUT2D eigenvalue weighted by Crippen LogP contribution is 2.18. The highest BCUT2D eigenvalue weighted by Gasteiger charge is 2.06. The maximum Gasteiger partial charge on any atom is 0.243 e. The smallest absolute Gasteiger partial charge is 0.243 e. The molecule has 0 spiro atoms. The second-order valence-electron chi connectivity index (χ2n) is 3.21. The van der Waals surface area contributed by atoms with Crippen molar-refractivity contribution < 1.29 is 4.79 Å². The Morgan fingerprint density at radius 3 is 2.53 bits per heavy atom. The van der Waals surface area contributed by atoms with Crippen molar-refractivity contribution in [3.05, 3.63) is 42.5 Å². The Morgan fingerprint density at radius 2 is 2.07 bits per heavy atom. The number of rotatable bonds is 4. The summed E-state index contributed by atoms with van der Waals surface area (Å²) in [5.74, 6) is -0.142. The summed E-state index contributed by atoms with van der Waals surface area (Å²) in [6, 6.07) is 8.18. The van der Waals surface area contributed by atoms with Gasteiger partial charge >= 0.3 is 0 Å². The monoisotopic (exact) mass is 221 g/mol. The van der Waals surface area contributed by atoms with Crippen LogP contribution >= 0.6 is 11.8 Å². The number of hydrogen-bond donors (Lipinski definition) is 1. The lowest BCUT2D eigenvalue weighted by Crippen LogP contribution is -2.24. The molecule has 2 nitrogen and oxygen atoms in total. The zero-order chi connectivity index (χ0) is 11.3. The van der Waals surface area contributed by atoms with Crippen LogP contribution in [0.2, 0.25) is 0 Å². The third kappa shape index (κ3) is 3.44. The second-order valence-corrected chi connectivity index (χ2v) is 4.09. The van der Waals surface area contributed by atoms with Crippen molar-refractivity contribution in [1.29, 1.82) is 0 Å². The van der Waals surface area contributed by atoms with Gasteiger partial charge in [0.25, 0.3) is 0 Å². The van der Waals surface area contributed by atoms with Gasteiger partial charge in [-0.25, -0.2) is 0 Å². The van der Waals surface area contributed by atoms with Crippen LogP contribution in [0.15, 0.2) is 41.8 Å². The molecule has 0 aliphatic heterocycles. The number of benzene rings is 1. The second kappa shape index (κ2) is 5.61. The molecule has 15 heavy (non-hydrogen) atoms. The average Bonchev–Trinajstić information content (AvgIpc) is 2.29. The molecule has 0 bridgehead atoms. The van der Waals surface area contributed by atoms with E-state index in [0.29, 0.717) is 0 Å². The average molecular weight is 221 g/mol. The van der Waals surface area contributed by atoms with E-state index in [9.17, 15) is 4.79 Å². The molecule has 1 unspecified atom stereocenters. The molecule has 1 aromatic carbocycles. The fourth-order valence-corrected chi connectivity index (χ4v) is 1.66. The van der Waals surface area contributed by atoms with Crippen molar-refractivity contribution in [2.75, 3.05) is 6.26 Å². The van der Waals surface area contributed by atoms with Gasteiger partial charge in [-0.1, -0.05) is 18.7 Å². The molecule has 1 amide bonds. The topological polar surface area (TPSA) is 29.1 Å². The minimum Gasteiger partial charge on any atom is -0.346 e. The molecule has 80 valence electrons. The lowest BCUT2D eigenvalue weighted by molar-refractivity contribution is -0.117. The van der Waals surface area contributed by atoms with E-state index >= 15 is 0 Å². The van der Waals surface area contributed by atoms with Gasteiger partial charge < -0.3 is 5.32 Å². The molecule has 0 radical (unpaired) electrons. The summed E-state index contributed by atoms with van der Waals surface area (Å²) in [5, 5.41) is 2.82. The molecule has 1 N–H and O–H groups in total. The Hall–Kier alpha value is -1.22. The van der Waals surface area contributed by atoms with Gasteiger partial charge in [0.2, 0.25) is 5.91 Å². The van der Waals surface area contributed by atoms with E-state index in [1.54, 1.807) is 11.8 Å². The first kappa shape index (κ1) is 11.9. The van der Waals surface area contributed by atoms with Gasteiger partial charge in [-0.15, -0.1) is 11.8 Å². The predicted molar refractivity (Wildman–Crippen MR) is 65.0 cm³/mol. The zero-order valence-corrected chi connectivity index (χ0v) is 9.80. The van der Waals surface area contributed by atoms with Crippen molar-refractivity contribution in [2.24, 2.45) is 0 Å². The molecule has 1 aromatic rings. The van der Waals surface area contributed by atoms with E-state index < -0.39 is 0 Å². The third-order valence-electron chi connectivity index (χ3n) is 2.16. The van der Waals surface area contributed by atoms with Crippen LogP contribution in [0.3, 0.4) is 0 Å². The largest absolute Gasteiger partial charge is 0.346 e. The summed E-state index contributed by atoms with van der Waals surface area (Å²) in [4.78, 5) is 12.3. The van der Waals surface area contributed by atoms with Crippen molar-refractivity contribution in [2.45, 2.75) is 17.9 Å². The van der Waals surface area contributed by atoms with Crippen molar-refractivity contribution >= 4 is 17.7 Å². The number of carbonyl (C=O) groups is 1. The molecule has 0 heterocycles. The van der Waals surface area contributed by atoms with E-state index in [2.05, 4.69) is 24.0 Å². The summed E-state index contributed by atoms with van der Waals surface area (Å²) in [7, 11) is 0. The first-order valence-electron chi connectivity index (χ1n) is 4.74. The van der Waals surface area contributed by atoms with Crippen LogP contribution in [-0.4, -0.2) is 12.2 Å². The third-order valence-corrected chi connectivity index (χ3v) is 2.90. The fourth-order valence-electron chi connectivity index (χ4n) is 1.25. The summed E-state index contributed by atoms with van der Waals surface area (Å²) >= 11 is 1.70. The summed E-state index contributed by atoms with van der Waals surface area (Å²) < 4.78 is 0. The molecule has 1 rings (SSSR count). The minimum atomic E-state index is -0.142. The molecule has 0 aliphatic rings. The number of amides is 1. The number of thioether (sulfide) groups is 1. The first-order chi connectivity index (χ1) is 7.17. The lowest BCUT2D eigenvalue weighted by atomic mass is 10.1. The van der Waals surface area contributed by atoms with Crippen LogP contribution in [0.25, 0.3) is 0 Å². The van der Waals surface area contributed by atoms with Crippen LogP contribution in [0.4, 0.5) is 0 Å². The van der Waals surface area contributed by atoms with Gasteiger partial charge in [0.1, 0.15) is 0 Å². The maximum atomic E-state index is 11.1. The molecular formula is C12H15NOS. The van der Waals surface area contributed by atoms with Gasteiger partial charge in [0, 0.05) is 4.90 Å². The van der Waals surface area contributed by atoms with E-state index in [1.807, 2.05) is 25.3 Å². The Labute approximate surface area is 94.8 Å². The molecule has 3 heteroatoms. The van der Waals surface area contributed by atoms with Gasteiger partial charge in [-0.05, 0) is 37.0 Å². The van der Waals surface area contributed by atoms with E-state index in [0.717, 1.165) is 5.56 Å². The van der Waals surface area contributed by atoms with Gasteiger partial charge in [0.15, 0.2) is 0 Å². The molecule has 0 aliphatic carbocycles. The van der Waals surface area contributed by atoms with E-state index in [1.165, 1.54) is 11.0 Å². The maximum absolute atomic E-state index is 11.1. The van der Waals surface area contributed by atoms with Crippen LogP contribution in [0.1, 0.15) is 18.5 Å². The SMILES string of the molecule is C=CC(=O)NC(C)c1ccc(SC)cc1. The molecule has 1 atom stereocenters. The van der Waals surface area contributed by atoms with Gasteiger partial charge in [-0.3, -0.25) is 4.79 Å². The Balaban J connectivity index is 2.69. The predicted octanol–water partition coefficient (Wildman–Crippen LogP) is 2.77. The quantitative estimate of drug-likeness (QED) is 0.625. The van der Waals surface area contributed by atoms with E-state index in [4.69, 9.17) is 0 Å². The van der Waals surface area contributed by atoms with Crippen molar-refractivity contribution in [3.63, 3.8) is 0 Å². The lowest BCUT2D eigenvalue weighted by Gasteiger charge is -2.13. The highest BCUT2D eigenvalue weighted by atomic mass is 32.2. The number of nitrogens with one attached hydrogen (secondary N) is 1. The van der Waals surface area contributed by atoms with Crippen molar-refractivity contribution in [3.8, 4) is 0 Å². The highest BCUT2D eigenvalue weighted by molar-refractivity contribution is 7.98. The van der Waals surface area contributed by atoms with E-state index in [-0.39, 0.29) is 11.9 Å². The first-order valence-corrected chi connectivity index (χ1v) is 5.96. The fraction of sp³-hybridized carbons (Fsp3) is 0.250. The summed E-state index contributed by atoms with van der Waals surface area (Å²) in [6.45, 7) is 5.37. The Morgan fingerprint density at radius 1 is 1.47 bits per heavy atom. The standard InChI is InChI=1S/C12H15NOS/c1-4-12(14)13-9(2)10-5-7-11(15-3)8-6-10/h4-9H,1H2,2-3H3,(H,13,14). The number of carbonyl (C=O) groups excluding carboxylic acids is 1. The summed E-state index contributed by atoms with van der Waals surface area (Å²) in [6.07, 6.45) is 3.32. The summed E-state index contributed by atoms with van der Waals surface area (Å²) in [5.41, 5.74) is 1.10. The van der Waals surface area contributed by atoms with Crippen LogP contribution in [0, 0.1) is 0 Å². The normalized spacial score (nSPS) is 11.9. The van der Waals surface area contributed by atoms with Gasteiger partial charge in [-0.2, -0.15) is 0 Å². The van der Waals surface area contributed by atoms with Crippen LogP contribution in [0.5, 0.6) is 0 Å². The molecule has 0 aromatic heterocycles. The molecule has 0 saturated heterocycles. The Kier molecular flexibility index (Phi) is 4.43. The molecule has 0 saturated carbocycles. The van der Waals surface area contributed by atoms with Crippen LogP contribution < -0.4 is 5.32 Å². The zero-order valence-electron chi connectivity index (χ0n) is 8.99. The van der Waals surface area contributed by atoms with Crippen molar-refractivity contribution in [1.82, 2.24) is 5.32 Å². The van der Waals surface area contributed by atoms with Gasteiger partial charge in [0.05, 0.1) is 6.04 Å². The minimum absolute atomic E-state index is 0.0198. The Bertz CT molecular complexity index is 345. The molecular weight excluding hydrogens is 206 g/mol. The molecule has 0 fully saturated rings.